The maximum absolute atomic E-state index is 10.7. The summed E-state index contributed by atoms with van der Waals surface area (Å²) in [6, 6.07) is 0. The second-order valence-corrected chi connectivity index (χ2v) is 7.77. The molecule has 0 rings (SSSR count). The van der Waals surface area contributed by atoms with E-state index in [1.165, 1.54) is 0 Å². The number of hydrogen-bond donors (Lipinski definition) is 9. The van der Waals surface area contributed by atoms with Crippen molar-refractivity contribution in [1.29, 1.82) is 0 Å². The van der Waals surface area contributed by atoms with Gasteiger partial charge in [0.05, 0.1) is 19.8 Å². The molecule has 0 aliphatic heterocycles. The van der Waals surface area contributed by atoms with E-state index in [0.717, 1.165) is 0 Å². The molecule has 0 spiro atoms. The number of phosphoric ester groups is 2. The minimum atomic E-state index is -5.32. The molecule has 0 amide bonds. The number of aliphatic hydroxyl groups excluding tert-OH is 4. The van der Waals surface area contributed by atoms with E-state index in [1.807, 2.05) is 0 Å². The smallest absolute Gasteiger partial charge is 0.394 e. The Morgan fingerprint density at radius 2 is 1.36 bits per heavy atom. The minimum absolute atomic E-state index is 0.569. The summed E-state index contributed by atoms with van der Waals surface area (Å²) in [6.45, 7) is -2.24. The molecule has 0 aromatic rings. The lowest BCUT2D eigenvalue weighted by Gasteiger charge is -2.13. The fourth-order valence-corrected chi connectivity index (χ4v) is 2.56. The van der Waals surface area contributed by atoms with E-state index in [2.05, 4.69) is 13.4 Å². The van der Waals surface area contributed by atoms with Gasteiger partial charge in [-0.05, 0) is 0 Å². The van der Waals surface area contributed by atoms with Crippen LogP contribution in [0.1, 0.15) is 0 Å². The molecule has 19 heteroatoms. The first kappa shape index (κ1) is 26.9. The molecule has 0 saturated carbocycles. The van der Waals surface area contributed by atoms with Gasteiger partial charge < -0.3 is 44.5 Å². The summed E-state index contributed by atoms with van der Waals surface area (Å²) in [7, 11) is -15.1. The van der Waals surface area contributed by atoms with Crippen LogP contribution in [0.2, 0.25) is 0 Å². The van der Waals surface area contributed by atoms with E-state index in [0.29, 0.717) is 0 Å². The summed E-state index contributed by atoms with van der Waals surface area (Å²) in [5.74, 6) is -1.75. The van der Waals surface area contributed by atoms with Crippen molar-refractivity contribution in [1.82, 2.24) is 0 Å². The zero-order chi connectivity index (χ0) is 20.5. The Hall–Kier alpha value is -0.280. The molecule has 25 heavy (non-hydrogen) atoms. The fourth-order valence-electron chi connectivity index (χ4n) is 0.636. The van der Waals surface area contributed by atoms with Crippen LogP contribution >= 0.6 is 23.5 Å². The minimum Gasteiger partial charge on any atom is -0.394 e. The van der Waals surface area contributed by atoms with E-state index < -0.39 is 61.5 Å². The van der Waals surface area contributed by atoms with Crippen molar-refractivity contribution in [3.63, 3.8) is 0 Å². The molecular formula is C6H17O16P3. The highest BCUT2D eigenvalue weighted by Crippen LogP contribution is 2.57. The Balaban J connectivity index is 0. The van der Waals surface area contributed by atoms with E-state index >= 15 is 0 Å². The summed E-state index contributed by atoms with van der Waals surface area (Å²) >= 11 is 0. The lowest BCUT2D eigenvalue weighted by molar-refractivity contribution is -0.146. The van der Waals surface area contributed by atoms with Crippen LogP contribution in [0.5, 0.6) is 0 Å². The van der Waals surface area contributed by atoms with Crippen molar-refractivity contribution >= 4 is 29.4 Å². The lowest BCUT2D eigenvalue weighted by Crippen LogP contribution is -2.25. The predicted molar refractivity (Wildman–Crippen MR) is 73.2 cm³/mol. The van der Waals surface area contributed by atoms with Gasteiger partial charge in [0.1, 0.15) is 6.10 Å². The number of phosphoric acid groups is 3. The molecule has 0 aromatic heterocycles. The second-order valence-electron chi connectivity index (χ2n) is 3.77. The third-order valence-electron chi connectivity index (χ3n) is 1.51. The van der Waals surface area contributed by atoms with Crippen LogP contribution in [-0.2, 0) is 31.8 Å². The molecule has 0 radical (unpaired) electrons. The Bertz CT molecular complexity index is 534. The quantitative estimate of drug-likeness (QED) is 0.158. The fraction of sp³-hybridized carbons (Fsp3) is 0.833. The van der Waals surface area contributed by atoms with Crippen LogP contribution in [-0.4, -0.2) is 82.9 Å². The van der Waals surface area contributed by atoms with Crippen LogP contribution in [0.3, 0.4) is 0 Å². The van der Waals surface area contributed by atoms with Crippen molar-refractivity contribution in [2.45, 2.75) is 12.2 Å². The predicted octanol–water partition coefficient (Wildman–Crippen LogP) is -3.46. The Morgan fingerprint density at radius 1 is 0.880 bits per heavy atom. The van der Waals surface area contributed by atoms with Gasteiger partial charge in [0.2, 0.25) is 0 Å². The largest absolute Gasteiger partial charge is 0.538 e. The van der Waals surface area contributed by atoms with Gasteiger partial charge in [-0.2, -0.15) is 4.31 Å². The number of hydrogen-bond acceptors (Lipinski definition) is 11. The molecule has 0 aliphatic rings. The molecule has 0 saturated heterocycles. The van der Waals surface area contributed by atoms with Gasteiger partial charge in [-0.1, -0.05) is 0 Å². The maximum Gasteiger partial charge on any atom is 0.538 e. The number of rotatable bonds is 9. The first-order chi connectivity index (χ1) is 11.0. The second kappa shape index (κ2) is 11.4. The first-order valence-electron chi connectivity index (χ1n) is 5.64. The van der Waals surface area contributed by atoms with Crippen molar-refractivity contribution in [3.8, 4) is 0 Å². The summed E-state index contributed by atoms with van der Waals surface area (Å²) in [4.78, 5) is 51.5. The van der Waals surface area contributed by atoms with Gasteiger partial charge in [0, 0.05) is 0 Å². The van der Waals surface area contributed by atoms with Gasteiger partial charge in [-0.15, -0.1) is 0 Å². The molecule has 9 N–H and O–H groups in total. The van der Waals surface area contributed by atoms with Gasteiger partial charge in [0.15, 0.2) is 6.10 Å². The molecule has 0 heterocycles. The van der Waals surface area contributed by atoms with Crippen molar-refractivity contribution in [3.05, 3.63) is 0 Å². The van der Waals surface area contributed by atoms with Crippen LogP contribution < -0.4 is 0 Å². The third kappa shape index (κ3) is 18.3. The van der Waals surface area contributed by atoms with Crippen LogP contribution in [0.4, 0.5) is 0 Å². The first-order valence-corrected chi connectivity index (χ1v) is 10.2. The third-order valence-corrected chi connectivity index (χ3v) is 4.08. The molecule has 3 atom stereocenters. The number of carbonyl (C=O) groups is 1. The van der Waals surface area contributed by atoms with Gasteiger partial charge >= 0.3 is 29.4 Å². The van der Waals surface area contributed by atoms with E-state index in [4.69, 9.17) is 44.9 Å². The zero-order valence-electron chi connectivity index (χ0n) is 12.0. The number of aliphatic hydroxyl groups is 4. The summed E-state index contributed by atoms with van der Waals surface area (Å²) in [5.41, 5.74) is 0. The summed E-state index contributed by atoms with van der Waals surface area (Å²) < 4.78 is 41.3. The SMILES string of the molecule is O=C(OP(=O)(O)OP(=O)(O)O)C(O)CO.O=P(O)(O)OCC(O)CO. The molecule has 16 nitrogen and oxygen atoms in total. The molecule has 0 aromatic carbocycles. The van der Waals surface area contributed by atoms with E-state index in [9.17, 15) is 18.5 Å². The Morgan fingerprint density at radius 3 is 1.68 bits per heavy atom. The number of carbonyl (C=O) groups excluding carboxylic acids is 1. The Kier molecular flexibility index (Phi) is 12.3. The normalized spacial score (nSPS) is 16.8. The standard InChI is InChI=1S/C3H8O10P2.C3H9O6P/c4-1-2(5)3(6)12-15(10,11)13-14(7,8)9;4-1-3(5)2-9-10(6,7)8/h2,4-5H,1H2,(H,10,11)(H2,7,8,9);3-5H,1-2H2,(H2,6,7,8). The van der Waals surface area contributed by atoms with Crippen molar-refractivity contribution in [2.24, 2.45) is 0 Å². The van der Waals surface area contributed by atoms with E-state index in [1.54, 1.807) is 0 Å². The average molecular weight is 438 g/mol. The molecule has 0 fully saturated rings. The summed E-state index contributed by atoms with van der Waals surface area (Å²) in [5, 5.41) is 33.5. The molecular weight excluding hydrogens is 421 g/mol. The lowest BCUT2D eigenvalue weighted by atomic mass is 10.4. The van der Waals surface area contributed by atoms with Crippen LogP contribution in [0.15, 0.2) is 0 Å². The highest BCUT2D eigenvalue weighted by Gasteiger charge is 2.37. The Labute approximate surface area is 139 Å². The van der Waals surface area contributed by atoms with Gasteiger partial charge in [-0.25, -0.2) is 18.5 Å². The summed E-state index contributed by atoms with van der Waals surface area (Å²) in [6.07, 6.45) is -3.35. The highest BCUT2D eigenvalue weighted by molar-refractivity contribution is 7.61. The molecule has 0 aliphatic carbocycles. The average Bonchev–Trinajstić information content (AvgIpc) is 2.40. The van der Waals surface area contributed by atoms with Crippen molar-refractivity contribution < 1.29 is 76.7 Å². The topological polar surface area (TPSA) is 278 Å². The molecule has 3 unspecified atom stereocenters. The monoisotopic (exact) mass is 438 g/mol. The molecule has 0 bridgehead atoms. The van der Waals surface area contributed by atoms with Gasteiger partial charge in [0.25, 0.3) is 0 Å². The van der Waals surface area contributed by atoms with Crippen LogP contribution in [0.25, 0.3) is 0 Å². The van der Waals surface area contributed by atoms with E-state index in [-0.39, 0.29) is 0 Å². The van der Waals surface area contributed by atoms with Crippen molar-refractivity contribution in [2.75, 3.05) is 19.8 Å². The zero-order valence-corrected chi connectivity index (χ0v) is 14.7. The van der Waals surface area contributed by atoms with Gasteiger partial charge in [-0.3, -0.25) is 9.42 Å². The highest BCUT2D eigenvalue weighted by atomic mass is 31.3. The molecule has 152 valence electrons. The van der Waals surface area contributed by atoms with Crippen LogP contribution in [0, 0.1) is 0 Å². The maximum atomic E-state index is 10.7.